The van der Waals surface area contributed by atoms with Gasteiger partial charge in [-0.05, 0) is 60.9 Å². The molecule has 34 heavy (non-hydrogen) atoms. The van der Waals surface area contributed by atoms with Crippen LogP contribution < -0.4 is 9.04 Å². The Morgan fingerprint density at radius 1 is 1.15 bits per heavy atom. The number of aryl methyl sites for hydroxylation is 1. The Hall–Kier alpha value is -1.90. The van der Waals surface area contributed by atoms with Crippen molar-refractivity contribution in [3.8, 4) is 5.75 Å². The minimum absolute atomic E-state index is 0.159. The molecule has 4 rings (SSSR count). The molecule has 0 aliphatic carbocycles. The van der Waals surface area contributed by atoms with Crippen molar-refractivity contribution in [2.75, 3.05) is 36.4 Å². The summed E-state index contributed by atoms with van der Waals surface area (Å²) in [6.07, 6.45) is 2.80. The highest BCUT2D eigenvalue weighted by Crippen LogP contribution is 2.57. The second kappa shape index (κ2) is 9.99. The maximum Gasteiger partial charge on any atom is 0.137 e. The van der Waals surface area contributed by atoms with Crippen molar-refractivity contribution in [1.82, 2.24) is 0 Å². The average Bonchev–Trinajstić information content (AvgIpc) is 3.46. The molecule has 0 radical (unpaired) electrons. The largest absolute Gasteiger partial charge is 0.492 e. The zero-order chi connectivity index (χ0) is 24.5. The number of fused-ring (bicyclic) bond motifs is 1. The van der Waals surface area contributed by atoms with Crippen LogP contribution in [-0.2, 0) is 31.0 Å². The first-order valence-corrected chi connectivity index (χ1v) is 15.7. The molecule has 8 heteroatoms. The normalized spacial score (nSPS) is 19.8. The minimum atomic E-state index is -3.13. The molecular formula is C26H38N2O4S2. The number of hydrogen-bond donors (Lipinski definition) is 2. The van der Waals surface area contributed by atoms with Crippen LogP contribution in [0.3, 0.4) is 0 Å². The Morgan fingerprint density at radius 2 is 1.82 bits per heavy atom. The van der Waals surface area contributed by atoms with Crippen molar-refractivity contribution in [2.24, 2.45) is 11.8 Å². The van der Waals surface area contributed by atoms with Gasteiger partial charge in [-0.1, -0.05) is 39.8 Å². The van der Waals surface area contributed by atoms with Crippen LogP contribution in [0.4, 0.5) is 5.69 Å². The van der Waals surface area contributed by atoms with E-state index in [0.29, 0.717) is 34.6 Å². The van der Waals surface area contributed by atoms with Gasteiger partial charge in [0.1, 0.15) is 10.6 Å². The van der Waals surface area contributed by atoms with E-state index in [1.807, 2.05) is 22.5 Å². The second-order valence-electron chi connectivity index (χ2n) is 9.66. The van der Waals surface area contributed by atoms with Crippen molar-refractivity contribution in [2.45, 2.75) is 61.6 Å². The molecule has 0 aromatic heterocycles. The fourth-order valence-corrected chi connectivity index (χ4v) is 9.75. The third kappa shape index (κ3) is 4.77. The number of anilines is 1. The van der Waals surface area contributed by atoms with E-state index in [-0.39, 0.29) is 11.7 Å². The van der Waals surface area contributed by atoms with Gasteiger partial charge in [0.25, 0.3) is 0 Å². The molecule has 2 aromatic rings. The third-order valence-electron chi connectivity index (χ3n) is 6.73. The maximum atomic E-state index is 14.6. The summed E-state index contributed by atoms with van der Waals surface area (Å²) >= 11 is 0. The van der Waals surface area contributed by atoms with Crippen LogP contribution >= 0.6 is 0 Å². The Kier molecular flexibility index (Phi) is 7.41. The zero-order valence-corrected chi connectivity index (χ0v) is 22.4. The van der Waals surface area contributed by atoms with Gasteiger partial charge in [-0.3, -0.25) is 4.21 Å². The van der Waals surface area contributed by atoms with E-state index in [0.717, 1.165) is 43.1 Å². The molecule has 0 amide bonds. The summed E-state index contributed by atoms with van der Waals surface area (Å²) in [5.74, 6) is 1.27. The lowest BCUT2D eigenvalue weighted by atomic mass is 10.0. The smallest absolute Gasteiger partial charge is 0.137 e. The zero-order valence-electron chi connectivity index (χ0n) is 20.7. The lowest BCUT2D eigenvalue weighted by Crippen LogP contribution is -2.32. The van der Waals surface area contributed by atoms with Crippen molar-refractivity contribution in [3.63, 3.8) is 0 Å². The number of hydrogen-bond acceptors (Lipinski definition) is 5. The highest BCUT2D eigenvalue weighted by molar-refractivity contribution is 8.10. The second-order valence-corrected chi connectivity index (χ2v) is 14.6. The van der Waals surface area contributed by atoms with Gasteiger partial charge in [-0.25, -0.2) is 8.99 Å². The van der Waals surface area contributed by atoms with Crippen LogP contribution in [0, 0.1) is 16.6 Å². The summed E-state index contributed by atoms with van der Waals surface area (Å²) < 4.78 is 50.3. The molecule has 2 aliphatic rings. The standard InChI is InChI=1S/C26H38N2O4S2/c1-5-20-7-9-22(10-8-20)28(17-19(3)4)34(30)24-12-11-23(25(26(24)34)33(27,29)6-2)32-18-21-13-15-31-16-14-21/h7-12,19,21,27,34H,5-6,13-18H2,1-4H3. The molecule has 2 heterocycles. The van der Waals surface area contributed by atoms with Crippen molar-refractivity contribution < 1.29 is 17.9 Å². The predicted octanol–water partition coefficient (Wildman–Crippen LogP) is 5.31. The lowest BCUT2D eigenvalue weighted by molar-refractivity contribution is 0.0492. The Bertz CT molecular complexity index is 1170. The van der Waals surface area contributed by atoms with Crippen LogP contribution in [-0.4, -0.2) is 40.5 Å². The first kappa shape index (κ1) is 25.2. The SMILES string of the molecule is CCc1ccc(N(CC(C)C)[SH]2(=O)c3ccc(OCC4CCOCC4)c(S(=N)(=O)CC)c32)cc1. The van der Waals surface area contributed by atoms with E-state index < -0.39 is 19.8 Å². The van der Waals surface area contributed by atoms with Gasteiger partial charge in [-0.2, -0.15) is 0 Å². The van der Waals surface area contributed by atoms with Crippen LogP contribution in [0.25, 0.3) is 0 Å². The minimum Gasteiger partial charge on any atom is -0.492 e. The highest BCUT2D eigenvalue weighted by atomic mass is 32.3. The molecule has 188 valence electrons. The molecule has 0 spiro atoms. The van der Waals surface area contributed by atoms with E-state index in [1.165, 1.54) is 5.56 Å². The monoisotopic (exact) mass is 506 g/mol. The van der Waals surface area contributed by atoms with Crippen LogP contribution in [0.5, 0.6) is 5.75 Å². The van der Waals surface area contributed by atoms with Gasteiger partial charge in [-0.15, -0.1) is 0 Å². The van der Waals surface area contributed by atoms with Crippen LogP contribution in [0.1, 0.15) is 46.1 Å². The topological polar surface area (TPSA) is 79.7 Å². The summed E-state index contributed by atoms with van der Waals surface area (Å²) in [4.78, 5) is 1.65. The molecule has 1 saturated heterocycles. The molecule has 0 saturated carbocycles. The van der Waals surface area contributed by atoms with E-state index in [2.05, 4.69) is 32.9 Å². The van der Waals surface area contributed by atoms with E-state index in [4.69, 9.17) is 14.3 Å². The van der Waals surface area contributed by atoms with E-state index in [1.54, 1.807) is 13.0 Å². The molecule has 2 aliphatic heterocycles. The van der Waals surface area contributed by atoms with Crippen molar-refractivity contribution in [1.29, 1.82) is 4.78 Å². The van der Waals surface area contributed by atoms with Gasteiger partial charge in [0.2, 0.25) is 0 Å². The maximum absolute atomic E-state index is 14.6. The fourth-order valence-electron chi connectivity index (χ4n) is 4.60. The fraction of sp³-hybridized carbons (Fsp3) is 0.538. The molecule has 6 nitrogen and oxygen atoms in total. The van der Waals surface area contributed by atoms with Crippen LogP contribution in [0.2, 0.25) is 0 Å². The average molecular weight is 507 g/mol. The van der Waals surface area contributed by atoms with Gasteiger partial charge in [0.05, 0.1) is 26.1 Å². The number of thiol groups is 1. The third-order valence-corrected chi connectivity index (χ3v) is 11.7. The molecule has 1 atom stereocenters. The number of nitrogens with one attached hydrogen (secondary N) is 1. The highest BCUT2D eigenvalue weighted by Gasteiger charge is 2.50. The summed E-state index contributed by atoms with van der Waals surface area (Å²) in [6, 6.07) is 11.8. The number of benzene rings is 2. The summed E-state index contributed by atoms with van der Waals surface area (Å²) in [6.45, 7) is 10.6. The summed E-state index contributed by atoms with van der Waals surface area (Å²) in [5.41, 5.74) is 2.12. The van der Waals surface area contributed by atoms with Gasteiger partial charge < -0.3 is 13.8 Å². The molecule has 1 fully saturated rings. The Labute approximate surface area is 205 Å². The predicted molar refractivity (Wildman–Crippen MR) is 139 cm³/mol. The van der Waals surface area contributed by atoms with Gasteiger partial charge in [0.15, 0.2) is 0 Å². The Morgan fingerprint density at radius 3 is 2.41 bits per heavy atom. The molecule has 1 unspecified atom stereocenters. The summed E-state index contributed by atoms with van der Waals surface area (Å²) in [7, 11) is -6.25. The van der Waals surface area contributed by atoms with E-state index >= 15 is 0 Å². The first-order valence-electron chi connectivity index (χ1n) is 12.3. The van der Waals surface area contributed by atoms with Crippen LogP contribution in [0.15, 0.2) is 51.1 Å². The van der Waals surface area contributed by atoms with Gasteiger partial charge in [0, 0.05) is 41.3 Å². The number of nitrogens with zero attached hydrogens (tertiary/aromatic N) is 1. The molecule has 2 aromatic carbocycles. The van der Waals surface area contributed by atoms with Crippen molar-refractivity contribution in [3.05, 3.63) is 42.0 Å². The summed E-state index contributed by atoms with van der Waals surface area (Å²) in [5, 5.41) is 0. The quantitative estimate of drug-likeness (QED) is 0.338. The van der Waals surface area contributed by atoms with Gasteiger partial charge >= 0.3 is 0 Å². The first-order chi connectivity index (χ1) is 16.2. The molecule has 0 bridgehead atoms. The number of ether oxygens (including phenoxy) is 2. The van der Waals surface area contributed by atoms with E-state index in [9.17, 15) is 8.42 Å². The lowest BCUT2D eigenvalue weighted by Gasteiger charge is -2.30. The number of rotatable bonds is 10. The van der Waals surface area contributed by atoms with Crippen molar-refractivity contribution >= 4 is 25.5 Å². The molecular weight excluding hydrogens is 468 g/mol. The Balaban J connectivity index is 1.73. The molecule has 1 N–H and O–H groups in total.